The molecule has 0 bridgehead atoms. The largest absolute Gasteiger partial charge is 0.503 e. The van der Waals surface area contributed by atoms with Crippen LogP contribution in [0.15, 0.2) is 23.1 Å². The Morgan fingerprint density at radius 2 is 2.09 bits per heavy atom. The van der Waals surface area contributed by atoms with Gasteiger partial charge in [0.15, 0.2) is 17.2 Å². The molecule has 2 saturated heterocycles. The summed E-state index contributed by atoms with van der Waals surface area (Å²) in [5, 5.41) is 12.4. The summed E-state index contributed by atoms with van der Waals surface area (Å²) in [5.41, 5.74) is -2.88. The lowest BCUT2D eigenvalue weighted by Crippen LogP contribution is -2.61. The van der Waals surface area contributed by atoms with Gasteiger partial charge in [-0.1, -0.05) is 17.7 Å². The van der Waals surface area contributed by atoms with E-state index in [1.165, 1.54) is 10.8 Å². The van der Waals surface area contributed by atoms with Gasteiger partial charge in [-0.3, -0.25) is 14.4 Å². The van der Waals surface area contributed by atoms with Crippen molar-refractivity contribution in [2.75, 3.05) is 19.8 Å². The molecule has 3 aliphatic rings. The zero-order chi connectivity index (χ0) is 25.1. The van der Waals surface area contributed by atoms with Crippen molar-refractivity contribution in [3.63, 3.8) is 0 Å². The number of rotatable bonds is 3. The normalized spacial score (nSPS) is 25.5. The molecule has 2 aromatic rings. The molecular weight excluding hydrogens is 488 g/mol. The van der Waals surface area contributed by atoms with Crippen LogP contribution >= 0.6 is 11.6 Å². The number of ether oxygens (including phenoxy) is 2. The van der Waals surface area contributed by atoms with Crippen LogP contribution in [0.4, 0.5) is 8.78 Å². The average Bonchev–Trinajstić information content (AvgIpc) is 3.02. The van der Waals surface area contributed by atoms with E-state index in [9.17, 15) is 28.3 Å². The molecule has 3 aliphatic heterocycles. The van der Waals surface area contributed by atoms with E-state index in [0.29, 0.717) is 19.4 Å². The second kappa shape index (κ2) is 8.58. The van der Waals surface area contributed by atoms with Gasteiger partial charge in [-0.25, -0.2) is 8.78 Å². The van der Waals surface area contributed by atoms with Crippen molar-refractivity contribution < 1.29 is 33.0 Å². The first kappa shape index (κ1) is 23.7. The van der Waals surface area contributed by atoms with Gasteiger partial charge < -0.3 is 29.4 Å². The van der Waals surface area contributed by atoms with Gasteiger partial charge in [0.2, 0.25) is 5.43 Å². The van der Waals surface area contributed by atoms with Crippen molar-refractivity contribution in [2.45, 2.75) is 44.1 Å². The third-order valence-corrected chi connectivity index (χ3v) is 7.16. The summed E-state index contributed by atoms with van der Waals surface area (Å²) in [7, 11) is 0. The second-order valence-corrected chi connectivity index (χ2v) is 9.25. The Balaban J connectivity index is 1.54. The summed E-state index contributed by atoms with van der Waals surface area (Å²) in [6.07, 6.45) is 2.31. The van der Waals surface area contributed by atoms with Crippen LogP contribution in [0.25, 0.3) is 0 Å². The van der Waals surface area contributed by atoms with E-state index >= 15 is 0 Å². The smallest absolute Gasteiger partial charge is 0.277 e. The number of fused-ring (bicyclic) bond motifs is 2. The van der Waals surface area contributed by atoms with E-state index in [2.05, 4.69) is 5.32 Å². The molecular formula is C23H22ClF2N3O6. The summed E-state index contributed by atoms with van der Waals surface area (Å²) < 4.78 is 40.9. The lowest BCUT2D eigenvalue weighted by molar-refractivity contribution is -0.124. The molecule has 1 aromatic heterocycles. The molecule has 1 spiro atoms. The minimum absolute atomic E-state index is 0.0951. The molecule has 35 heavy (non-hydrogen) atoms. The van der Waals surface area contributed by atoms with Crippen LogP contribution in [-0.2, 0) is 16.0 Å². The predicted octanol–water partition coefficient (Wildman–Crippen LogP) is 2.34. The predicted molar refractivity (Wildman–Crippen MR) is 118 cm³/mol. The summed E-state index contributed by atoms with van der Waals surface area (Å²) in [5.74, 6) is -4.33. The first-order valence-electron chi connectivity index (χ1n) is 11.1. The molecule has 3 atom stereocenters. The zero-order valence-corrected chi connectivity index (χ0v) is 19.4. The molecule has 1 aromatic carbocycles. The van der Waals surface area contributed by atoms with E-state index in [1.807, 2.05) is 6.92 Å². The number of carbonyl (C=O) groups excluding carboxylic acids is 2. The number of pyridine rings is 1. The second-order valence-electron chi connectivity index (χ2n) is 8.87. The number of nitrogens with zero attached hydrogens (tertiary/aromatic N) is 2. The van der Waals surface area contributed by atoms with Crippen LogP contribution < -0.4 is 10.7 Å². The maximum absolute atomic E-state index is 14.2. The molecule has 1 unspecified atom stereocenters. The fourth-order valence-corrected chi connectivity index (χ4v) is 5.33. The Kier molecular flexibility index (Phi) is 5.81. The SMILES string of the molecule is C[C@@H]1COC23CCCOC[C@@H]2n2cc(C(=O)NCc4ccc(F)c(Cl)c4F)c(=O)c(O)c2C(=O)N13. The topological polar surface area (TPSA) is 110 Å². The third-order valence-electron chi connectivity index (χ3n) is 6.81. The van der Waals surface area contributed by atoms with Crippen molar-refractivity contribution in [3.8, 4) is 5.75 Å². The van der Waals surface area contributed by atoms with Crippen LogP contribution in [0.2, 0.25) is 5.02 Å². The highest BCUT2D eigenvalue weighted by molar-refractivity contribution is 6.30. The molecule has 2 amide bonds. The van der Waals surface area contributed by atoms with Gasteiger partial charge in [-0.05, 0) is 25.8 Å². The molecule has 4 heterocycles. The number of hydrogen-bond donors (Lipinski definition) is 2. The molecule has 5 rings (SSSR count). The fraction of sp³-hybridized carbons (Fsp3) is 0.435. The number of hydrogen-bond acceptors (Lipinski definition) is 6. The van der Waals surface area contributed by atoms with E-state index in [1.54, 1.807) is 4.90 Å². The van der Waals surface area contributed by atoms with Gasteiger partial charge in [0.05, 0.1) is 19.3 Å². The summed E-state index contributed by atoms with van der Waals surface area (Å²) in [6.45, 7) is 2.28. The maximum Gasteiger partial charge on any atom is 0.277 e. The standard InChI is InChI=1S/C23H22ClF2N3O6/c1-11-9-35-23-5-2-6-34-10-15(23)28-8-13(19(30)20(31)18(28)22(33)29(11)23)21(32)27-7-12-3-4-14(25)16(24)17(12)26/h3-4,8,11,15,31H,2,5-7,9-10H2,1H3,(H,27,32)/t11-,15+,23?/m1/s1. The highest BCUT2D eigenvalue weighted by Crippen LogP contribution is 2.47. The Morgan fingerprint density at radius 1 is 1.31 bits per heavy atom. The Morgan fingerprint density at radius 3 is 2.86 bits per heavy atom. The van der Waals surface area contributed by atoms with Crippen LogP contribution in [0, 0.1) is 11.6 Å². The fourth-order valence-electron chi connectivity index (χ4n) is 5.15. The first-order chi connectivity index (χ1) is 16.7. The Hall–Kier alpha value is -3.02. The number of halogens is 3. The molecule has 0 aliphatic carbocycles. The number of benzene rings is 1. The van der Waals surface area contributed by atoms with Crippen molar-refractivity contribution in [2.24, 2.45) is 0 Å². The number of aromatic nitrogens is 1. The van der Waals surface area contributed by atoms with Gasteiger partial charge in [0.1, 0.15) is 28.3 Å². The maximum atomic E-state index is 14.2. The highest BCUT2D eigenvalue weighted by Gasteiger charge is 2.59. The summed E-state index contributed by atoms with van der Waals surface area (Å²) in [4.78, 5) is 40.8. The number of aromatic hydroxyl groups is 1. The van der Waals surface area contributed by atoms with E-state index < -0.39 is 63.5 Å². The van der Waals surface area contributed by atoms with E-state index in [0.717, 1.165) is 12.1 Å². The monoisotopic (exact) mass is 509 g/mol. The molecule has 0 radical (unpaired) electrons. The molecule has 12 heteroatoms. The van der Waals surface area contributed by atoms with Gasteiger partial charge in [-0.15, -0.1) is 0 Å². The van der Waals surface area contributed by atoms with Gasteiger partial charge in [0.25, 0.3) is 11.8 Å². The highest BCUT2D eigenvalue weighted by atomic mass is 35.5. The Labute approximate surface area is 203 Å². The van der Waals surface area contributed by atoms with Crippen molar-refractivity contribution in [1.29, 1.82) is 0 Å². The Bertz CT molecular complexity index is 1300. The molecule has 2 N–H and O–H groups in total. The van der Waals surface area contributed by atoms with Crippen LogP contribution in [0.5, 0.6) is 5.75 Å². The lowest BCUT2D eigenvalue weighted by atomic mass is 9.92. The quantitative estimate of drug-likeness (QED) is 0.615. The number of nitrogens with one attached hydrogen (secondary N) is 1. The van der Waals surface area contributed by atoms with Crippen molar-refractivity contribution in [3.05, 3.63) is 62.0 Å². The van der Waals surface area contributed by atoms with Crippen LogP contribution in [0.1, 0.15) is 52.2 Å². The molecule has 2 fully saturated rings. The van der Waals surface area contributed by atoms with Crippen molar-refractivity contribution in [1.82, 2.24) is 14.8 Å². The van der Waals surface area contributed by atoms with Gasteiger partial charge >= 0.3 is 0 Å². The summed E-state index contributed by atoms with van der Waals surface area (Å²) >= 11 is 5.58. The van der Waals surface area contributed by atoms with E-state index in [-0.39, 0.29) is 30.5 Å². The van der Waals surface area contributed by atoms with Crippen LogP contribution in [0.3, 0.4) is 0 Å². The number of carbonyl (C=O) groups is 2. The minimum atomic E-state index is -1.05. The average molecular weight is 510 g/mol. The number of amides is 2. The van der Waals surface area contributed by atoms with Gasteiger partial charge in [0, 0.05) is 24.9 Å². The molecule has 186 valence electrons. The van der Waals surface area contributed by atoms with E-state index in [4.69, 9.17) is 21.1 Å². The first-order valence-corrected chi connectivity index (χ1v) is 11.5. The van der Waals surface area contributed by atoms with Crippen molar-refractivity contribution >= 4 is 23.4 Å². The lowest BCUT2D eigenvalue weighted by Gasteiger charge is -2.48. The summed E-state index contributed by atoms with van der Waals surface area (Å²) in [6, 6.07) is 1.17. The third kappa shape index (κ3) is 3.52. The minimum Gasteiger partial charge on any atom is -0.503 e. The van der Waals surface area contributed by atoms with Gasteiger partial charge in [-0.2, -0.15) is 0 Å². The van der Waals surface area contributed by atoms with Crippen LogP contribution in [-0.4, -0.2) is 58.0 Å². The molecule has 0 saturated carbocycles. The molecule has 9 nitrogen and oxygen atoms in total. The zero-order valence-electron chi connectivity index (χ0n) is 18.6.